The van der Waals surface area contributed by atoms with Crippen molar-refractivity contribution in [1.29, 1.82) is 0 Å². The molecule has 0 aromatic heterocycles. The lowest BCUT2D eigenvalue weighted by Gasteiger charge is -2.08. The van der Waals surface area contributed by atoms with Crippen molar-refractivity contribution in [1.82, 2.24) is 0 Å². The standard InChI is InChI=1S/C23H18O/c1-24-23-13-12-21-15-20(10-11-22(21)16-23)19-9-5-8-18(14-19)17-6-3-2-4-7-17/h2-16H,1H3. The van der Waals surface area contributed by atoms with Crippen molar-refractivity contribution in [3.8, 4) is 28.0 Å². The average molecular weight is 310 g/mol. The molecule has 116 valence electrons. The van der Waals surface area contributed by atoms with Gasteiger partial charge in [0.05, 0.1) is 7.11 Å². The van der Waals surface area contributed by atoms with Gasteiger partial charge in [0.2, 0.25) is 0 Å². The minimum Gasteiger partial charge on any atom is -0.497 e. The summed E-state index contributed by atoms with van der Waals surface area (Å²) < 4.78 is 5.30. The van der Waals surface area contributed by atoms with Gasteiger partial charge in [0, 0.05) is 0 Å². The number of fused-ring (bicyclic) bond motifs is 1. The van der Waals surface area contributed by atoms with E-state index in [1.54, 1.807) is 7.11 Å². The zero-order valence-electron chi connectivity index (χ0n) is 13.6. The van der Waals surface area contributed by atoms with Crippen LogP contribution < -0.4 is 4.74 Å². The van der Waals surface area contributed by atoms with E-state index in [-0.39, 0.29) is 0 Å². The molecule has 0 spiro atoms. The monoisotopic (exact) mass is 310 g/mol. The van der Waals surface area contributed by atoms with Crippen LogP contribution in [0.3, 0.4) is 0 Å². The minimum absolute atomic E-state index is 0.890. The van der Waals surface area contributed by atoms with E-state index >= 15 is 0 Å². The van der Waals surface area contributed by atoms with Crippen LogP contribution in [0.4, 0.5) is 0 Å². The summed E-state index contributed by atoms with van der Waals surface area (Å²) in [5.74, 6) is 0.890. The molecule has 4 aromatic carbocycles. The molecule has 0 N–H and O–H groups in total. The van der Waals surface area contributed by atoms with Gasteiger partial charge in [0.25, 0.3) is 0 Å². The fourth-order valence-electron chi connectivity index (χ4n) is 3.04. The SMILES string of the molecule is COc1ccc2cc(-c3cccc(-c4ccccc4)c3)ccc2c1. The zero-order chi connectivity index (χ0) is 16.4. The van der Waals surface area contributed by atoms with Crippen LogP contribution in [-0.2, 0) is 0 Å². The molecule has 4 aromatic rings. The predicted octanol–water partition coefficient (Wildman–Crippen LogP) is 6.18. The van der Waals surface area contributed by atoms with Gasteiger partial charge >= 0.3 is 0 Å². The summed E-state index contributed by atoms with van der Waals surface area (Å²) in [6, 6.07) is 31.9. The summed E-state index contributed by atoms with van der Waals surface area (Å²) in [6.45, 7) is 0. The van der Waals surface area contributed by atoms with Crippen LogP contribution in [0.1, 0.15) is 0 Å². The first-order valence-corrected chi connectivity index (χ1v) is 8.07. The average Bonchev–Trinajstić information content (AvgIpc) is 2.68. The molecule has 0 fully saturated rings. The van der Waals surface area contributed by atoms with Crippen molar-refractivity contribution in [3.05, 3.63) is 91.0 Å². The van der Waals surface area contributed by atoms with Crippen molar-refractivity contribution in [2.24, 2.45) is 0 Å². The van der Waals surface area contributed by atoms with Gasteiger partial charge in [-0.15, -0.1) is 0 Å². The molecule has 1 nitrogen and oxygen atoms in total. The number of hydrogen-bond acceptors (Lipinski definition) is 1. The van der Waals surface area contributed by atoms with Gasteiger partial charge in [-0.2, -0.15) is 0 Å². The van der Waals surface area contributed by atoms with E-state index in [0.29, 0.717) is 0 Å². The van der Waals surface area contributed by atoms with Crippen LogP contribution in [-0.4, -0.2) is 7.11 Å². The minimum atomic E-state index is 0.890. The predicted molar refractivity (Wildman–Crippen MR) is 101 cm³/mol. The maximum Gasteiger partial charge on any atom is 0.119 e. The van der Waals surface area contributed by atoms with Gasteiger partial charge < -0.3 is 4.74 Å². The second-order valence-electron chi connectivity index (χ2n) is 5.87. The fraction of sp³-hybridized carbons (Fsp3) is 0.0435. The van der Waals surface area contributed by atoms with Crippen LogP contribution in [0, 0.1) is 0 Å². The van der Waals surface area contributed by atoms with Gasteiger partial charge in [0.1, 0.15) is 5.75 Å². The van der Waals surface area contributed by atoms with E-state index in [1.165, 1.54) is 33.0 Å². The molecule has 0 aliphatic heterocycles. The Morgan fingerprint density at radius 1 is 0.500 bits per heavy atom. The quantitative estimate of drug-likeness (QED) is 0.439. The maximum absolute atomic E-state index is 5.30. The second-order valence-corrected chi connectivity index (χ2v) is 5.87. The number of hydrogen-bond donors (Lipinski definition) is 0. The molecule has 0 saturated carbocycles. The Morgan fingerprint density at radius 3 is 1.92 bits per heavy atom. The van der Waals surface area contributed by atoms with Crippen molar-refractivity contribution < 1.29 is 4.74 Å². The normalized spacial score (nSPS) is 10.7. The molecule has 0 aliphatic carbocycles. The molecule has 0 amide bonds. The summed E-state index contributed by atoms with van der Waals surface area (Å²) in [7, 11) is 1.70. The summed E-state index contributed by atoms with van der Waals surface area (Å²) in [4.78, 5) is 0. The smallest absolute Gasteiger partial charge is 0.119 e. The van der Waals surface area contributed by atoms with Gasteiger partial charge in [-0.3, -0.25) is 0 Å². The Hall–Kier alpha value is -3.06. The van der Waals surface area contributed by atoms with E-state index < -0.39 is 0 Å². The highest BCUT2D eigenvalue weighted by Crippen LogP contribution is 2.29. The van der Waals surface area contributed by atoms with Crippen molar-refractivity contribution in [3.63, 3.8) is 0 Å². The van der Waals surface area contributed by atoms with Gasteiger partial charge in [-0.25, -0.2) is 0 Å². The number of benzene rings is 4. The van der Waals surface area contributed by atoms with Gasteiger partial charge in [0.15, 0.2) is 0 Å². The number of methoxy groups -OCH3 is 1. The fourth-order valence-corrected chi connectivity index (χ4v) is 3.04. The molecule has 0 unspecified atom stereocenters. The molecule has 24 heavy (non-hydrogen) atoms. The molecular weight excluding hydrogens is 292 g/mol. The first-order chi connectivity index (χ1) is 11.8. The van der Waals surface area contributed by atoms with Crippen LogP contribution >= 0.6 is 0 Å². The third kappa shape index (κ3) is 2.77. The summed E-state index contributed by atoms with van der Waals surface area (Å²) in [5.41, 5.74) is 4.94. The summed E-state index contributed by atoms with van der Waals surface area (Å²) >= 11 is 0. The highest BCUT2D eigenvalue weighted by Gasteiger charge is 2.03. The largest absolute Gasteiger partial charge is 0.497 e. The lowest BCUT2D eigenvalue weighted by Crippen LogP contribution is -1.84. The lowest BCUT2D eigenvalue weighted by atomic mass is 9.97. The van der Waals surface area contributed by atoms with E-state index in [4.69, 9.17) is 4.74 Å². The van der Waals surface area contributed by atoms with Crippen molar-refractivity contribution in [2.75, 3.05) is 7.11 Å². The molecule has 0 heterocycles. The molecule has 1 heteroatoms. The Bertz CT molecular complexity index is 987. The number of rotatable bonds is 3. The van der Waals surface area contributed by atoms with E-state index in [0.717, 1.165) is 5.75 Å². The van der Waals surface area contributed by atoms with E-state index in [9.17, 15) is 0 Å². The molecule has 4 rings (SSSR count). The summed E-state index contributed by atoms with van der Waals surface area (Å²) in [6.07, 6.45) is 0. The van der Waals surface area contributed by atoms with E-state index in [2.05, 4.69) is 78.9 Å². The van der Waals surface area contributed by atoms with Crippen molar-refractivity contribution >= 4 is 10.8 Å². The lowest BCUT2D eigenvalue weighted by molar-refractivity contribution is 0.415. The zero-order valence-corrected chi connectivity index (χ0v) is 13.6. The van der Waals surface area contributed by atoms with Crippen LogP contribution in [0.5, 0.6) is 5.75 Å². The Balaban J connectivity index is 1.77. The third-order valence-electron chi connectivity index (χ3n) is 4.35. The third-order valence-corrected chi connectivity index (χ3v) is 4.35. The van der Waals surface area contributed by atoms with Gasteiger partial charge in [-0.1, -0.05) is 66.7 Å². The number of ether oxygens (including phenoxy) is 1. The highest BCUT2D eigenvalue weighted by atomic mass is 16.5. The van der Waals surface area contributed by atoms with Crippen molar-refractivity contribution in [2.45, 2.75) is 0 Å². The van der Waals surface area contributed by atoms with E-state index in [1.807, 2.05) is 12.1 Å². The Labute approximate surface area is 142 Å². The van der Waals surface area contributed by atoms with Gasteiger partial charge in [-0.05, 0) is 57.3 Å². The Morgan fingerprint density at radius 2 is 1.12 bits per heavy atom. The second kappa shape index (κ2) is 6.21. The van der Waals surface area contributed by atoms with Crippen LogP contribution in [0.15, 0.2) is 91.0 Å². The Kier molecular flexibility index (Phi) is 3.76. The van der Waals surface area contributed by atoms with Crippen LogP contribution in [0.25, 0.3) is 33.0 Å². The topological polar surface area (TPSA) is 9.23 Å². The summed E-state index contributed by atoms with van der Waals surface area (Å²) in [5, 5.41) is 2.41. The molecule has 0 bridgehead atoms. The molecule has 0 radical (unpaired) electrons. The molecule has 0 saturated heterocycles. The molecule has 0 aliphatic rings. The first-order valence-electron chi connectivity index (χ1n) is 8.07. The maximum atomic E-state index is 5.30. The highest BCUT2D eigenvalue weighted by molar-refractivity contribution is 5.89. The van der Waals surface area contributed by atoms with Crippen LogP contribution in [0.2, 0.25) is 0 Å². The molecular formula is C23H18O. The molecule has 0 atom stereocenters. The first kappa shape index (κ1) is 14.5.